The van der Waals surface area contributed by atoms with E-state index < -0.39 is 18.5 Å². The molecule has 0 radical (unpaired) electrons. The van der Waals surface area contributed by atoms with E-state index in [0.717, 1.165) is 5.69 Å². The summed E-state index contributed by atoms with van der Waals surface area (Å²) in [6.45, 7) is -0.422. The summed E-state index contributed by atoms with van der Waals surface area (Å²) < 4.78 is 11.7. The highest BCUT2D eigenvalue weighted by molar-refractivity contribution is 5.95. The number of nitrogens with zero attached hydrogens (tertiary/aromatic N) is 2. The van der Waals surface area contributed by atoms with Gasteiger partial charge in [-0.1, -0.05) is 36.4 Å². The molecule has 0 aliphatic heterocycles. The van der Waals surface area contributed by atoms with E-state index in [1.165, 1.54) is 11.8 Å². The van der Waals surface area contributed by atoms with Gasteiger partial charge in [0.25, 0.3) is 5.91 Å². The molecule has 26 heavy (non-hydrogen) atoms. The molecule has 1 N–H and O–H groups in total. The van der Waals surface area contributed by atoms with Crippen molar-refractivity contribution in [3.63, 3.8) is 0 Å². The highest BCUT2D eigenvalue weighted by Gasteiger charge is 2.20. The summed E-state index contributed by atoms with van der Waals surface area (Å²) in [7, 11) is 1.44. The van der Waals surface area contributed by atoms with Gasteiger partial charge in [0, 0.05) is 5.69 Å². The first-order valence-corrected chi connectivity index (χ1v) is 7.88. The van der Waals surface area contributed by atoms with E-state index in [1.54, 1.807) is 30.5 Å². The van der Waals surface area contributed by atoms with Gasteiger partial charge in [0.2, 0.25) is 5.69 Å². The number of amides is 1. The average molecular weight is 351 g/mol. The molecule has 3 rings (SSSR count). The van der Waals surface area contributed by atoms with Crippen LogP contribution in [-0.2, 0) is 9.53 Å². The van der Waals surface area contributed by atoms with Crippen LogP contribution in [0.15, 0.2) is 66.9 Å². The minimum absolute atomic E-state index is 0.00358. The lowest BCUT2D eigenvalue weighted by atomic mass is 10.3. The summed E-state index contributed by atoms with van der Waals surface area (Å²) in [4.78, 5) is 24.2. The maximum Gasteiger partial charge on any atom is 0.363 e. The molecule has 0 bridgehead atoms. The quantitative estimate of drug-likeness (QED) is 0.691. The molecule has 7 heteroatoms. The first kappa shape index (κ1) is 17.2. The Morgan fingerprint density at radius 2 is 1.69 bits per heavy atom. The molecule has 1 heterocycles. The van der Waals surface area contributed by atoms with Gasteiger partial charge in [0.1, 0.15) is 0 Å². The van der Waals surface area contributed by atoms with Crippen LogP contribution in [0, 0.1) is 0 Å². The van der Waals surface area contributed by atoms with E-state index in [9.17, 15) is 9.59 Å². The first-order valence-electron chi connectivity index (χ1n) is 7.88. The van der Waals surface area contributed by atoms with Crippen molar-refractivity contribution < 1.29 is 19.1 Å². The number of anilines is 1. The fourth-order valence-electron chi connectivity index (χ4n) is 2.28. The monoisotopic (exact) mass is 351 g/mol. The Bertz CT molecular complexity index is 892. The van der Waals surface area contributed by atoms with Crippen LogP contribution in [0.25, 0.3) is 5.69 Å². The largest absolute Gasteiger partial charge is 0.493 e. The summed E-state index contributed by atoms with van der Waals surface area (Å²) in [6.07, 6.45) is 1.58. The maximum atomic E-state index is 12.3. The van der Waals surface area contributed by atoms with Crippen LogP contribution in [0.1, 0.15) is 10.5 Å². The van der Waals surface area contributed by atoms with Crippen LogP contribution in [0.3, 0.4) is 0 Å². The Balaban J connectivity index is 1.66. The van der Waals surface area contributed by atoms with Crippen molar-refractivity contribution in [2.75, 3.05) is 19.0 Å². The highest BCUT2D eigenvalue weighted by Crippen LogP contribution is 2.20. The van der Waals surface area contributed by atoms with E-state index in [4.69, 9.17) is 9.47 Å². The lowest BCUT2D eigenvalue weighted by Gasteiger charge is -2.06. The van der Waals surface area contributed by atoms with Gasteiger partial charge in [-0.05, 0) is 24.3 Å². The number of esters is 1. The van der Waals surface area contributed by atoms with Crippen LogP contribution in [0.4, 0.5) is 5.69 Å². The third-order valence-corrected chi connectivity index (χ3v) is 3.51. The molecule has 0 saturated carbocycles. The standard InChI is InChI=1S/C19H17N3O4/c1-25-16-12-22(15-10-6-3-7-11-15)21-18(16)19(24)26-13-17(23)20-14-8-4-2-5-9-14/h2-12H,13H2,1H3,(H,20,23). The third kappa shape index (κ3) is 4.07. The van der Waals surface area contributed by atoms with E-state index in [-0.39, 0.29) is 11.4 Å². The lowest BCUT2D eigenvalue weighted by Crippen LogP contribution is -2.21. The second-order valence-electron chi connectivity index (χ2n) is 5.32. The number of hydrogen-bond donors (Lipinski definition) is 1. The van der Waals surface area contributed by atoms with Crippen molar-refractivity contribution in [3.8, 4) is 11.4 Å². The molecular formula is C19H17N3O4. The first-order chi connectivity index (χ1) is 12.7. The molecule has 7 nitrogen and oxygen atoms in total. The Hall–Kier alpha value is -3.61. The lowest BCUT2D eigenvalue weighted by molar-refractivity contribution is -0.119. The van der Waals surface area contributed by atoms with Crippen molar-refractivity contribution in [1.82, 2.24) is 9.78 Å². The SMILES string of the molecule is COc1cn(-c2ccccc2)nc1C(=O)OCC(=O)Nc1ccccc1. The predicted molar refractivity (Wildman–Crippen MR) is 95.5 cm³/mol. The number of para-hydroxylation sites is 2. The van der Waals surface area contributed by atoms with Gasteiger partial charge in [-0.15, -0.1) is 0 Å². The number of nitrogens with one attached hydrogen (secondary N) is 1. The number of rotatable bonds is 6. The van der Waals surface area contributed by atoms with Gasteiger partial charge in [-0.3, -0.25) is 4.79 Å². The summed E-state index contributed by atoms with van der Waals surface area (Å²) in [6, 6.07) is 18.2. The van der Waals surface area contributed by atoms with Gasteiger partial charge < -0.3 is 14.8 Å². The van der Waals surface area contributed by atoms with Crippen LogP contribution in [-0.4, -0.2) is 35.4 Å². The van der Waals surface area contributed by atoms with Gasteiger partial charge in [-0.2, -0.15) is 5.10 Å². The number of methoxy groups -OCH3 is 1. The summed E-state index contributed by atoms with van der Waals surface area (Å²) in [5, 5.41) is 6.83. The molecule has 0 fully saturated rings. The van der Waals surface area contributed by atoms with Crippen molar-refractivity contribution in [2.45, 2.75) is 0 Å². The minimum atomic E-state index is -0.736. The molecule has 132 valence electrons. The van der Waals surface area contributed by atoms with Crippen molar-refractivity contribution in [1.29, 1.82) is 0 Å². The second-order valence-corrected chi connectivity index (χ2v) is 5.32. The molecule has 0 saturated heterocycles. The number of hydrogen-bond acceptors (Lipinski definition) is 5. The van der Waals surface area contributed by atoms with E-state index >= 15 is 0 Å². The van der Waals surface area contributed by atoms with E-state index in [1.807, 2.05) is 36.4 Å². The van der Waals surface area contributed by atoms with Gasteiger partial charge in [0.05, 0.1) is 19.0 Å². The summed E-state index contributed by atoms with van der Waals surface area (Å²) in [5.74, 6) is -0.909. The normalized spacial score (nSPS) is 10.2. The number of aromatic nitrogens is 2. The Morgan fingerprint density at radius 3 is 2.35 bits per heavy atom. The molecule has 0 aliphatic carbocycles. The van der Waals surface area contributed by atoms with Crippen molar-refractivity contribution >= 4 is 17.6 Å². The Kier molecular flexibility index (Phi) is 5.28. The molecule has 2 aromatic carbocycles. The Labute approximate surface area is 150 Å². The number of carbonyl (C=O) groups excluding carboxylic acids is 2. The summed E-state index contributed by atoms with van der Waals surface area (Å²) >= 11 is 0. The predicted octanol–water partition coefficient (Wildman–Crippen LogP) is 2.68. The van der Waals surface area contributed by atoms with Gasteiger partial charge in [-0.25, -0.2) is 9.48 Å². The molecular weight excluding hydrogens is 334 g/mol. The zero-order valence-electron chi connectivity index (χ0n) is 14.1. The minimum Gasteiger partial charge on any atom is -0.493 e. The van der Waals surface area contributed by atoms with Crippen LogP contribution < -0.4 is 10.1 Å². The van der Waals surface area contributed by atoms with Crippen LogP contribution in [0.5, 0.6) is 5.75 Å². The average Bonchev–Trinajstić information content (AvgIpc) is 3.12. The smallest absolute Gasteiger partial charge is 0.363 e. The zero-order valence-corrected chi connectivity index (χ0v) is 14.1. The molecule has 1 amide bonds. The third-order valence-electron chi connectivity index (χ3n) is 3.51. The maximum absolute atomic E-state index is 12.3. The molecule has 0 atom stereocenters. The Morgan fingerprint density at radius 1 is 1.04 bits per heavy atom. The van der Waals surface area contributed by atoms with E-state index in [2.05, 4.69) is 10.4 Å². The topological polar surface area (TPSA) is 82.5 Å². The van der Waals surface area contributed by atoms with Crippen LogP contribution in [0.2, 0.25) is 0 Å². The number of carbonyl (C=O) groups is 2. The molecule has 0 aliphatic rings. The number of ether oxygens (including phenoxy) is 2. The fraction of sp³-hybridized carbons (Fsp3) is 0.105. The zero-order chi connectivity index (χ0) is 18.4. The molecule has 0 spiro atoms. The fourth-order valence-corrected chi connectivity index (χ4v) is 2.28. The van der Waals surface area contributed by atoms with Gasteiger partial charge in [0.15, 0.2) is 12.4 Å². The van der Waals surface area contributed by atoms with Crippen molar-refractivity contribution in [3.05, 3.63) is 72.6 Å². The number of benzene rings is 2. The highest BCUT2D eigenvalue weighted by atomic mass is 16.5. The molecule has 1 aromatic heterocycles. The molecule has 3 aromatic rings. The van der Waals surface area contributed by atoms with Crippen LogP contribution >= 0.6 is 0 Å². The summed E-state index contributed by atoms with van der Waals surface area (Å²) in [5.41, 5.74) is 1.40. The molecule has 0 unspecified atom stereocenters. The van der Waals surface area contributed by atoms with Crippen molar-refractivity contribution in [2.24, 2.45) is 0 Å². The van der Waals surface area contributed by atoms with Gasteiger partial charge >= 0.3 is 5.97 Å². The van der Waals surface area contributed by atoms with E-state index in [0.29, 0.717) is 5.69 Å². The second kappa shape index (κ2) is 7.98.